The van der Waals surface area contributed by atoms with Crippen LogP contribution in [0, 0.1) is 13.8 Å². The van der Waals surface area contributed by atoms with Gasteiger partial charge in [0.25, 0.3) is 0 Å². The summed E-state index contributed by atoms with van der Waals surface area (Å²) in [6.07, 6.45) is 0.369. The van der Waals surface area contributed by atoms with Crippen LogP contribution in [0.3, 0.4) is 0 Å². The standard InChI is InChI=1S/C25H26O4/c1-18-14-19(2)16-22(15-18)28-12-13-29-24-11-7-6-10-21(24)17-23(25(26)27)20-8-4-3-5-9-20/h3-11,14-16,23H,12-13,17H2,1-2H3,(H,26,27). The minimum atomic E-state index is -0.843. The molecule has 0 saturated carbocycles. The molecule has 0 aliphatic carbocycles. The van der Waals surface area contributed by atoms with Gasteiger partial charge in [-0.15, -0.1) is 0 Å². The summed E-state index contributed by atoms with van der Waals surface area (Å²) in [6.45, 7) is 4.88. The second-order valence-corrected chi connectivity index (χ2v) is 7.13. The first-order chi connectivity index (χ1) is 14.0. The van der Waals surface area contributed by atoms with Gasteiger partial charge in [-0.3, -0.25) is 4.79 Å². The maximum atomic E-state index is 11.8. The molecule has 29 heavy (non-hydrogen) atoms. The highest BCUT2D eigenvalue weighted by atomic mass is 16.5. The number of carboxylic acid groups (broad SMARTS) is 1. The van der Waals surface area contributed by atoms with E-state index in [9.17, 15) is 9.90 Å². The summed E-state index contributed by atoms with van der Waals surface area (Å²) in [6, 6.07) is 23.0. The number of benzene rings is 3. The molecule has 0 spiro atoms. The second kappa shape index (κ2) is 9.78. The van der Waals surface area contributed by atoms with Gasteiger partial charge in [0.15, 0.2) is 0 Å². The van der Waals surface area contributed by atoms with E-state index in [4.69, 9.17) is 9.47 Å². The van der Waals surface area contributed by atoms with Crippen molar-refractivity contribution in [2.45, 2.75) is 26.2 Å². The lowest BCUT2D eigenvalue weighted by molar-refractivity contribution is -0.138. The molecule has 3 aromatic carbocycles. The summed E-state index contributed by atoms with van der Waals surface area (Å²) in [4.78, 5) is 11.8. The van der Waals surface area contributed by atoms with E-state index in [1.165, 1.54) is 0 Å². The quantitative estimate of drug-likeness (QED) is 0.512. The Labute approximate surface area is 171 Å². The maximum Gasteiger partial charge on any atom is 0.311 e. The molecule has 1 atom stereocenters. The molecule has 0 aromatic heterocycles. The Bertz CT molecular complexity index is 930. The van der Waals surface area contributed by atoms with E-state index in [0.717, 1.165) is 28.0 Å². The van der Waals surface area contributed by atoms with Crippen molar-refractivity contribution in [2.24, 2.45) is 0 Å². The zero-order chi connectivity index (χ0) is 20.6. The zero-order valence-electron chi connectivity index (χ0n) is 16.8. The molecule has 3 aromatic rings. The minimum Gasteiger partial charge on any atom is -0.490 e. The van der Waals surface area contributed by atoms with Gasteiger partial charge in [0.1, 0.15) is 24.7 Å². The SMILES string of the molecule is Cc1cc(C)cc(OCCOc2ccccc2CC(C(=O)O)c2ccccc2)c1. The van der Waals surface area contributed by atoms with Crippen molar-refractivity contribution in [3.8, 4) is 11.5 Å². The van der Waals surface area contributed by atoms with Crippen molar-refractivity contribution >= 4 is 5.97 Å². The third-order valence-corrected chi connectivity index (χ3v) is 4.70. The van der Waals surface area contributed by atoms with Gasteiger partial charge in [0.2, 0.25) is 0 Å². The molecule has 0 bridgehead atoms. The van der Waals surface area contributed by atoms with Crippen LogP contribution in [0.5, 0.6) is 11.5 Å². The van der Waals surface area contributed by atoms with Gasteiger partial charge in [-0.25, -0.2) is 0 Å². The Balaban J connectivity index is 1.63. The molecule has 0 aliphatic heterocycles. The molecule has 0 heterocycles. The average Bonchev–Trinajstić information content (AvgIpc) is 2.70. The number of ether oxygens (including phenoxy) is 2. The van der Waals surface area contributed by atoms with Crippen LogP contribution in [0.2, 0.25) is 0 Å². The fourth-order valence-electron chi connectivity index (χ4n) is 3.39. The van der Waals surface area contributed by atoms with E-state index in [0.29, 0.717) is 25.4 Å². The zero-order valence-corrected chi connectivity index (χ0v) is 16.8. The first kappa shape index (κ1) is 20.5. The Morgan fingerprint density at radius 1 is 0.862 bits per heavy atom. The highest BCUT2D eigenvalue weighted by Gasteiger charge is 2.21. The molecule has 1 unspecified atom stereocenters. The van der Waals surface area contributed by atoms with Crippen LogP contribution in [0.1, 0.15) is 28.2 Å². The van der Waals surface area contributed by atoms with Crippen LogP contribution < -0.4 is 9.47 Å². The third kappa shape index (κ3) is 5.85. The molecular weight excluding hydrogens is 364 g/mol. The molecule has 0 saturated heterocycles. The predicted octanol–water partition coefficient (Wildman–Crippen LogP) is 5.17. The number of aliphatic carboxylic acids is 1. The molecule has 3 rings (SSSR count). The van der Waals surface area contributed by atoms with Crippen LogP contribution in [0.25, 0.3) is 0 Å². The van der Waals surface area contributed by atoms with Crippen LogP contribution in [0.15, 0.2) is 72.8 Å². The highest BCUT2D eigenvalue weighted by molar-refractivity contribution is 5.76. The van der Waals surface area contributed by atoms with Gasteiger partial charge in [-0.2, -0.15) is 0 Å². The van der Waals surface area contributed by atoms with Crippen molar-refractivity contribution in [3.63, 3.8) is 0 Å². The average molecular weight is 390 g/mol. The van der Waals surface area contributed by atoms with Gasteiger partial charge >= 0.3 is 5.97 Å². The number of carboxylic acids is 1. The summed E-state index contributed by atoms with van der Waals surface area (Å²) in [5.41, 5.74) is 3.97. The number of carbonyl (C=O) groups is 1. The van der Waals surface area contributed by atoms with E-state index in [1.54, 1.807) is 0 Å². The first-order valence-corrected chi connectivity index (χ1v) is 9.72. The number of hydrogen-bond donors (Lipinski definition) is 1. The van der Waals surface area contributed by atoms with Crippen molar-refractivity contribution < 1.29 is 19.4 Å². The van der Waals surface area contributed by atoms with Crippen molar-refractivity contribution in [1.29, 1.82) is 0 Å². The van der Waals surface area contributed by atoms with Crippen molar-refractivity contribution in [3.05, 3.63) is 95.1 Å². The van der Waals surface area contributed by atoms with Crippen LogP contribution in [-0.4, -0.2) is 24.3 Å². The molecule has 4 heteroatoms. The number of hydrogen-bond acceptors (Lipinski definition) is 3. The van der Waals surface area contributed by atoms with E-state index in [-0.39, 0.29) is 0 Å². The van der Waals surface area contributed by atoms with Crippen LogP contribution >= 0.6 is 0 Å². The fraction of sp³-hybridized carbons (Fsp3) is 0.240. The van der Waals surface area contributed by atoms with E-state index in [2.05, 4.69) is 6.07 Å². The van der Waals surface area contributed by atoms with Crippen molar-refractivity contribution in [2.75, 3.05) is 13.2 Å². The molecular formula is C25H26O4. The fourth-order valence-corrected chi connectivity index (χ4v) is 3.39. The molecule has 0 amide bonds. The Morgan fingerprint density at radius 3 is 2.17 bits per heavy atom. The monoisotopic (exact) mass is 390 g/mol. The molecule has 1 N–H and O–H groups in total. The lowest BCUT2D eigenvalue weighted by atomic mass is 9.92. The summed E-state index contributed by atoms with van der Waals surface area (Å²) in [5, 5.41) is 9.70. The van der Waals surface area contributed by atoms with E-state index < -0.39 is 11.9 Å². The molecule has 0 aliphatic rings. The highest BCUT2D eigenvalue weighted by Crippen LogP contribution is 2.27. The van der Waals surface area contributed by atoms with Crippen molar-refractivity contribution in [1.82, 2.24) is 0 Å². The van der Waals surface area contributed by atoms with Gasteiger partial charge < -0.3 is 14.6 Å². The Morgan fingerprint density at radius 2 is 1.48 bits per heavy atom. The smallest absolute Gasteiger partial charge is 0.311 e. The summed E-state index contributed by atoms with van der Waals surface area (Å²) in [5.74, 6) is 0.0599. The summed E-state index contributed by atoms with van der Waals surface area (Å²) < 4.78 is 11.7. The van der Waals surface area contributed by atoms with Crippen LogP contribution in [0.4, 0.5) is 0 Å². The minimum absolute atomic E-state index is 0.369. The number of aryl methyl sites for hydroxylation is 2. The van der Waals surface area contributed by atoms with Crippen LogP contribution in [-0.2, 0) is 11.2 Å². The topological polar surface area (TPSA) is 55.8 Å². The Hall–Kier alpha value is -3.27. The number of para-hydroxylation sites is 1. The normalized spacial score (nSPS) is 11.7. The first-order valence-electron chi connectivity index (χ1n) is 9.72. The molecule has 4 nitrogen and oxygen atoms in total. The largest absolute Gasteiger partial charge is 0.490 e. The van der Waals surface area contributed by atoms with Gasteiger partial charge in [0, 0.05) is 0 Å². The van der Waals surface area contributed by atoms with Gasteiger partial charge in [-0.1, -0.05) is 54.6 Å². The van der Waals surface area contributed by atoms with E-state index >= 15 is 0 Å². The molecule has 0 radical (unpaired) electrons. The van der Waals surface area contributed by atoms with Gasteiger partial charge in [0.05, 0.1) is 5.92 Å². The number of rotatable bonds is 9. The van der Waals surface area contributed by atoms with Gasteiger partial charge in [-0.05, 0) is 60.7 Å². The lowest BCUT2D eigenvalue weighted by Crippen LogP contribution is -2.16. The molecule has 0 fully saturated rings. The third-order valence-electron chi connectivity index (χ3n) is 4.70. The predicted molar refractivity (Wildman–Crippen MR) is 114 cm³/mol. The molecule has 150 valence electrons. The lowest BCUT2D eigenvalue weighted by Gasteiger charge is -2.16. The van der Waals surface area contributed by atoms with E-state index in [1.807, 2.05) is 80.6 Å². The Kier molecular flexibility index (Phi) is 6.90. The second-order valence-electron chi connectivity index (χ2n) is 7.13. The summed E-state index contributed by atoms with van der Waals surface area (Å²) >= 11 is 0. The maximum absolute atomic E-state index is 11.8. The summed E-state index contributed by atoms with van der Waals surface area (Å²) in [7, 11) is 0.